The number of guanidine groups is 1. The number of hydrogen-bond acceptors (Lipinski definition) is 4. The molecule has 1 aliphatic rings. The van der Waals surface area contributed by atoms with Crippen molar-refractivity contribution in [3.05, 3.63) is 29.8 Å². The SMILES string of the molecule is COc1ccc(C(CN=C(N)NC(C)(C)C)N2CCOCC2)cc1.I. The van der Waals surface area contributed by atoms with Gasteiger partial charge in [-0.15, -0.1) is 24.0 Å². The molecule has 3 N–H and O–H groups in total. The maximum absolute atomic E-state index is 6.04. The molecule has 2 rings (SSSR count). The normalized spacial score (nSPS) is 17.5. The van der Waals surface area contributed by atoms with E-state index in [0.29, 0.717) is 12.5 Å². The second-order valence-electron chi connectivity index (χ2n) is 7.04. The highest BCUT2D eigenvalue weighted by atomic mass is 127. The third kappa shape index (κ3) is 7.37. The number of hydrogen-bond donors (Lipinski definition) is 2. The van der Waals surface area contributed by atoms with Crippen LogP contribution in [0, 0.1) is 0 Å². The maximum atomic E-state index is 6.04. The number of nitrogens with zero attached hydrogens (tertiary/aromatic N) is 2. The van der Waals surface area contributed by atoms with Crippen LogP contribution < -0.4 is 15.8 Å². The van der Waals surface area contributed by atoms with Gasteiger partial charge in [0.25, 0.3) is 0 Å². The Hall–Kier alpha value is -1.06. The van der Waals surface area contributed by atoms with Crippen LogP contribution in [0.2, 0.25) is 0 Å². The molecule has 0 bridgehead atoms. The minimum Gasteiger partial charge on any atom is -0.497 e. The number of aliphatic imine (C=N–C) groups is 1. The molecule has 0 aliphatic carbocycles. The van der Waals surface area contributed by atoms with Gasteiger partial charge in [0.1, 0.15) is 5.75 Å². The Morgan fingerprint density at radius 2 is 1.88 bits per heavy atom. The van der Waals surface area contributed by atoms with Crippen molar-refractivity contribution in [1.82, 2.24) is 10.2 Å². The minimum atomic E-state index is -0.0951. The first kappa shape index (κ1) is 22.0. The van der Waals surface area contributed by atoms with Crippen molar-refractivity contribution in [2.24, 2.45) is 10.7 Å². The summed E-state index contributed by atoms with van der Waals surface area (Å²) in [4.78, 5) is 6.98. The second-order valence-corrected chi connectivity index (χ2v) is 7.04. The van der Waals surface area contributed by atoms with E-state index in [1.165, 1.54) is 5.56 Å². The molecule has 142 valence electrons. The molecule has 0 spiro atoms. The van der Waals surface area contributed by atoms with Crippen LogP contribution in [0.1, 0.15) is 32.4 Å². The lowest BCUT2D eigenvalue weighted by Gasteiger charge is -2.34. The average molecular weight is 462 g/mol. The number of benzene rings is 1. The van der Waals surface area contributed by atoms with E-state index in [2.05, 4.69) is 48.1 Å². The lowest BCUT2D eigenvalue weighted by molar-refractivity contribution is 0.0179. The molecule has 7 heteroatoms. The second kappa shape index (κ2) is 10.2. The van der Waals surface area contributed by atoms with Crippen molar-refractivity contribution in [3.8, 4) is 5.75 Å². The molecule has 1 unspecified atom stereocenters. The summed E-state index contributed by atoms with van der Waals surface area (Å²) < 4.78 is 10.7. The van der Waals surface area contributed by atoms with Gasteiger partial charge in [0.15, 0.2) is 5.96 Å². The van der Waals surface area contributed by atoms with E-state index < -0.39 is 0 Å². The van der Waals surface area contributed by atoms with Crippen LogP contribution in [-0.2, 0) is 4.74 Å². The number of ether oxygens (including phenoxy) is 2. The number of rotatable bonds is 5. The Kier molecular flexibility index (Phi) is 8.95. The van der Waals surface area contributed by atoms with Crippen LogP contribution in [0.4, 0.5) is 0 Å². The Morgan fingerprint density at radius 1 is 1.28 bits per heavy atom. The minimum absolute atomic E-state index is 0. The van der Waals surface area contributed by atoms with Gasteiger partial charge in [-0.3, -0.25) is 9.89 Å². The van der Waals surface area contributed by atoms with E-state index in [4.69, 9.17) is 15.2 Å². The Labute approximate surface area is 168 Å². The zero-order valence-electron chi connectivity index (χ0n) is 15.6. The van der Waals surface area contributed by atoms with Gasteiger partial charge in [0.2, 0.25) is 0 Å². The standard InChI is InChI=1S/C18H30N4O2.HI/c1-18(2,3)21-17(19)20-13-16(22-9-11-24-12-10-22)14-5-7-15(23-4)8-6-14;/h5-8,16H,9-13H2,1-4H3,(H3,19,20,21);1H. The highest BCUT2D eigenvalue weighted by Gasteiger charge is 2.23. The summed E-state index contributed by atoms with van der Waals surface area (Å²) in [6.45, 7) is 10.1. The Balaban J connectivity index is 0.00000312. The number of morpholine rings is 1. The molecule has 0 aromatic heterocycles. The lowest BCUT2D eigenvalue weighted by atomic mass is 10.0. The van der Waals surface area contributed by atoms with E-state index >= 15 is 0 Å². The quantitative estimate of drug-likeness (QED) is 0.400. The molecular formula is C18H31IN4O2. The monoisotopic (exact) mass is 462 g/mol. The van der Waals surface area contributed by atoms with Crippen molar-refractivity contribution in [1.29, 1.82) is 0 Å². The van der Waals surface area contributed by atoms with E-state index in [1.807, 2.05) is 12.1 Å². The molecule has 1 aromatic rings. The summed E-state index contributed by atoms with van der Waals surface area (Å²) in [6, 6.07) is 8.36. The topological polar surface area (TPSA) is 72.1 Å². The van der Waals surface area contributed by atoms with Gasteiger partial charge in [-0.2, -0.15) is 0 Å². The van der Waals surface area contributed by atoms with Crippen molar-refractivity contribution in [2.45, 2.75) is 32.4 Å². The third-order valence-electron chi connectivity index (χ3n) is 3.92. The first-order valence-corrected chi connectivity index (χ1v) is 8.43. The van der Waals surface area contributed by atoms with E-state index in [-0.39, 0.29) is 35.6 Å². The predicted octanol–water partition coefficient (Wildman–Crippen LogP) is 2.39. The van der Waals surface area contributed by atoms with Crippen LogP contribution in [0.15, 0.2) is 29.3 Å². The summed E-state index contributed by atoms with van der Waals surface area (Å²) in [5, 5.41) is 3.21. The molecule has 6 nitrogen and oxygen atoms in total. The van der Waals surface area contributed by atoms with E-state index in [1.54, 1.807) is 7.11 Å². The lowest BCUT2D eigenvalue weighted by Crippen LogP contribution is -2.45. The summed E-state index contributed by atoms with van der Waals surface area (Å²) >= 11 is 0. The van der Waals surface area contributed by atoms with Crippen molar-refractivity contribution < 1.29 is 9.47 Å². The van der Waals surface area contributed by atoms with Gasteiger partial charge >= 0.3 is 0 Å². The summed E-state index contributed by atoms with van der Waals surface area (Å²) in [6.07, 6.45) is 0. The molecule has 0 saturated carbocycles. The van der Waals surface area contributed by atoms with Crippen LogP contribution in [-0.4, -0.2) is 56.4 Å². The first-order valence-electron chi connectivity index (χ1n) is 8.43. The van der Waals surface area contributed by atoms with E-state index in [0.717, 1.165) is 32.1 Å². The zero-order chi connectivity index (χ0) is 17.6. The van der Waals surface area contributed by atoms with Crippen molar-refractivity contribution in [3.63, 3.8) is 0 Å². The number of halogens is 1. The van der Waals surface area contributed by atoms with Gasteiger partial charge in [-0.1, -0.05) is 12.1 Å². The predicted molar refractivity (Wildman–Crippen MR) is 113 cm³/mol. The fraction of sp³-hybridized carbons (Fsp3) is 0.611. The zero-order valence-corrected chi connectivity index (χ0v) is 17.9. The molecule has 1 fully saturated rings. The number of methoxy groups -OCH3 is 1. The largest absolute Gasteiger partial charge is 0.497 e. The summed E-state index contributed by atoms with van der Waals surface area (Å²) in [7, 11) is 1.68. The molecule has 0 amide bonds. The Morgan fingerprint density at radius 3 is 2.40 bits per heavy atom. The van der Waals surface area contributed by atoms with Crippen LogP contribution >= 0.6 is 24.0 Å². The van der Waals surface area contributed by atoms with E-state index in [9.17, 15) is 0 Å². The fourth-order valence-electron chi connectivity index (χ4n) is 2.76. The molecule has 0 radical (unpaired) electrons. The summed E-state index contributed by atoms with van der Waals surface area (Å²) in [5.74, 6) is 1.34. The van der Waals surface area contributed by atoms with Crippen LogP contribution in [0.25, 0.3) is 0 Å². The van der Waals surface area contributed by atoms with Gasteiger partial charge in [0.05, 0.1) is 32.9 Å². The first-order chi connectivity index (χ1) is 11.4. The molecule has 1 heterocycles. The summed E-state index contributed by atoms with van der Waals surface area (Å²) in [5.41, 5.74) is 7.15. The smallest absolute Gasteiger partial charge is 0.189 e. The number of nitrogens with two attached hydrogens (primary N) is 1. The molecule has 1 atom stereocenters. The maximum Gasteiger partial charge on any atom is 0.189 e. The van der Waals surface area contributed by atoms with Crippen LogP contribution in [0.5, 0.6) is 5.75 Å². The Bertz CT molecular complexity index is 537. The van der Waals surface area contributed by atoms with Gasteiger partial charge in [-0.25, -0.2) is 0 Å². The highest BCUT2D eigenvalue weighted by Crippen LogP contribution is 2.24. The molecule has 1 aromatic carbocycles. The van der Waals surface area contributed by atoms with Gasteiger partial charge in [0, 0.05) is 18.6 Å². The average Bonchev–Trinajstić information content (AvgIpc) is 2.55. The molecular weight excluding hydrogens is 431 g/mol. The van der Waals surface area contributed by atoms with Crippen LogP contribution in [0.3, 0.4) is 0 Å². The van der Waals surface area contributed by atoms with Gasteiger partial charge < -0.3 is 20.5 Å². The van der Waals surface area contributed by atoms with Crippen molar-refractivity contribution >= 4 is 29.9 Å². The molecule has 1 aliphatic heterocycles. The number of nitrogens with one attached hydrogen (secondary N) is 1. The third-order valence-corrected chi connectivity index (χ3v) is 3.92. The van der Waals surface area contributed by atoms with Crippen molar-refractivity contribution in [2.75, 3.05) is 40.0 Å². The highest BCUT2D eigenvalue weighted by molar-refractivity contribution is 14.0. The van der Waals surface area contributed by atoms with Gasteiger partial charge in [-0.05, 0) is 38.5 Å². The molecule has 25 heavy (non-hydrogen) atoms. The molecule has 1 saturated heterocycles. The fourth-order valence-corrected chi connectivity index (χ4v) is 2.76.